The topological polar surface area (TPSA) is 101 Å². The molecule has 1 heterocycles. The standard InChI is InChI=1S/C16H24N2O5S3/c1-3-18(4-2)26(22,23)15-7-5-13(6-8-15)17-16(19)11-24-14-9-10-25(20,21)12-14/h5-8,14H,3-4,9-12H2,1-2H3,(H,17,19)/t14-/m0/s1. The SMILES string of the molecule is CCN(CC)S(=O)(=O)c1ccc(NC(=O)CS[C@H]2CCS(=O)(=O)C2)cc1. The van der Waals surface area contributed by atoms with E-state index in [4.69, 9.17) is 0 Å². The van der Waals surface area contributed by atoms with Crippen LogP contribution in [0.1, 0.15) is 20.3 Å². The van der Waals surface area contributed by atoms with Gasteiger partial charge in [-0.1, -0.05) is 13.8 Å². The quantitative estimate of drug-likeness (QED) is 0.685. The Morgan fingerprint density at radius 2 is 1.85 bits per heavy atom. The molecule has 0 radical (unpaired) electrons. The van der Waals surface area contributed by atoms with E-state index in [0.29, 0.717) is 25.2 Å². The van der Waals surface area contributed by atoms with E-state index in [-0.39, 0.29) is 33.3 Å². The highest BCUT2D eigenvalue weighted by Crippen LogP contribution is 2.24. The lowest BCUT2D eigenvalue weighted by Crippen LogP contribution is -2.30. The monoisotopic (exact) mass is 420 g/mol. The van der Waals surface area contributed by atoms with Gasteiger partial charge in [0.25, 0.3) is 0 Å². The fourth-order valence-electron chi connectivity index (χ4n) is 2.71. The van der Waals surface area contributed by atoms with E-state index in [1.54, 1.807) is 26.0 Å². The minimum absolute atomic E-state index is 0.0349. The van der Waals surface area contributed by atoms with Crippen molar-refractivity contribution >= 4 is 43.2 Å². The fraction of sp³-hybridized carbons (Fsp3) is 0.562. The molecule has 26 heavy (non-hydrogen) atoms. The van der Waals surface area contributed by atoms with Crippen LogP contribution >= 0.6 is 11.8 Å². The molecular weight excluding hydrogens is 396 g/mol. The van der Waals surface area contributed by atoms with Crippen molar-refractivity contribution in [1.82, 2.24) is 4.31 Å². The first-order valence-electron chi connectivity index (χ1n) is 8.40. The number of carbonyl (C=O) groups excluding carboxylic acids is 1. The predicted molar refractivity (Wildman–Crippen MR) is 105 cm³/mol. The maximum atomic E-state index is 12.4. The van der Waals surface area contributed by atoms with E-state index < -0.39 is 19.9 Å². The van der Waals surface area contributed by atoms with Gasteiger partial charge >= 0.3 is 0 Å². The molecule has 0 saturated carbocycles. The van der Waals surface area contributed by atoms with Crippen molar-refractivity contribution in [2.24, 2.45) is 0 Å². The summed E-state index contributed by atoms with van der Waals surface area (Å²) in [6.45, 7) is 4.35. The highest BCUT2D eigenvalue weighted by molar-refractivity contribution is 8.02. The number of thioether (sulfide) groups is 1. The molecule has 1 atom stereocenters. The third kappa shape index (κ3) is 5.45. The molecule has 1 aliphatic rings. The van der Waals surface area contributed by atoms with Crippen LogP contribution in [0.5, 0.6) is 0 Å². The zero-order valence-electron chi connectivity index (χ0n) is 14.8. The molecular formula is C16H24N2O5S3. The minimum Gasteiger partial charge on any atom is -0.325 e. The van der Waals surface area contributed by atoms with Crippen molar-refractivity contribution in [2.45, 2.75) is 30.4 Å². The number of nitrogens with zero attached hydrogens (tertiary/aromatic N) is 1. The Bertz CT molecular complexity index is 831. The third-order valence-corrected chi connectivity index (χ3v) is 9.47. The summed E-state index contributed by atoms with van der Waals surface area (Å²) in [5.41, 5.74) is 0.508. The molecule has 0 aromatic heterocycles. The Kier molecular flexibility index (Phi) is 7.12. The lowest BCUT2D eigenvalue weighted by Gasteiger charge is -2.18. The van der Waals surface area contributed by atoms with Crippen molar-refractivity contribution in [3.8, 4) is 0 Å². The third-order valence-electron chi connectivity index (χ3n) is 4.12. The number of nitrogens with one attached hydrogen (secondary N) is 1. The van der Waals surface area contributed by atoms with E-state index >= 15 is 0 Å². The summed E-state index contributed by atoms with van der Waals surface area (Å²) < 4.78 is 49.0. The maximum Gasteiger partial charge on any atom is 0.243 e. The molecule has 2 rings (SSSR count). The molecule has 0 aliphatic carbocycles. The number of amides is 1. The van der Waals surface area contributed by atoms with Gasteiger partial charge in [0.05, 0.1) is 22.2 Å². The Morgan fingerprint density at radius 1 is 1.23 bits per heavy atom. The predicted octanol–water partition coefficient (Wildman–Crippen LogP) is 1.58. The summed E-state index contributed by atoms with van der Waals surface area (Å²) in [7, 11) is -6.47. The second-order valence-corrected chi connectivity index (χ2v) is 11.5. The van der Waals surface area contributed by atoms with Crippen molar-refractivity contribution in [3.05, 3.63) is 24.3 Å². The number of benzene rings is 1. The number of rotatable bonds is 8. The smallest absolute Gasteiger partial charge is 0.243 e. The normalized spacial score (nSPS) is 19.6. The molecule has 1 fully saturated rings. The van der Waals surface area contributed by atoms with Gasteiger partial charge in [0.1, 0.15) is 0 Å². The largest absolute Gasteiger partial charge is 0.325 e. The second-order valence-electron chi connectivity index (χ2n) is 6.00. The number of sulfonamides is 1. The molecule has 1 amide bonds. The Balaban J connectivity index is 1.91. The van der Waals surface area contributed by atoms with Gasteiger partial charge in [-0.25, -0.2) is 16.8 Å². The molecule has 0 bridgehead atoms. The lowest BCUT2D eigenvalue weighted by molar-refractivity contribution is -0.113. The van der Waals surface area contributed by atoms with Gasteiger partial charge in [-0.2, -0.15) is 4.31 Å². The van der Waals surface area contributed by atoms with Crippen molar-refractivity contribution in [2.75, 3.05) is 35.7 Å². The van der Waals surface area contributed by atoms with Gasteiger partial charge in [0.2, 0.25) is 15.9 Å². The van der Waals surface area contributed by atoms with Gasteiger partial charge in [0, 0.05) is 24.0 Å². The molecule has 1 aromatic rings. The molecule has 7 nitrogen and oxygen atoms in total. The van der Waals surface area contributed by atoms with Crippen LogP contribution in [-0.2, 0) is 24.7 Å². The summed E-state index contributed by atoms with van der Waals surface area (Å²) in [5.74, 6) is 0.246. The van der Waals surface area contributed by atoms with Gasteiger partial charge in [0.15, 0.2) is 9.84 Å². The number of carbonyl (C=O) groups is 1. The van der Waals surface area contributed by atoms with E-state index in [9.17, 15) is 21.6 Å². The van der Waals surface area contributed by atoms with Gasteiger partial charge in [-0.15, -0.1) is 11.8 Å². The van der Waals surface area contributed by atoms with Crippen LogP contribution < -0.4 is 5.32 Å². The van der Waals surface area contributed by atoms with Gasteiger partial charge in [-0.05, 0) is 30.7 Å². The second kappa shape index (κ2) is 8.73. The van der Waals surface area contributed by atoms with Crippen LogP contribution in [0.15, 0.2) is 29.2 Å². The highest BCUT2D eigenvalue weighted by Gasteiger charge is 2.28. The summed E-state index contributed by atoms with van der Waals surface area (Å²) in [6, 6.07) is 6.05. The zero-order chi connectivity index (χ0) is 19.4. The van der Waals surface area contributed by atoms with Crippen LogP contribution in [0, 0.1) is 0 Å². The molecule has 10 heteroatoms. The van der Waals surface area contributed by atoms with Gasteiger partial charge in [-0.3, -0.25) is 4.79 Å². The van der Waals surface area contributed by atoms with Crippen molar-refractivity contribution in [1.29, 1.82) is 0 Å². The minimum atomic E-state index is -3.52. The molecule has 1 saturated heterocycles. The van der Waals surface area contributed by atoms with Crippen LogP contribution in [0.25, 0.3) is 0 Å². The lowest BCUT2D eigenvalue weighted by atomic mass is 10.3. The first kappa shape index (κ1) is 21.2. The Labute approximate surface area is 159 Å². The first-order valence-corrected chi connectivity index (χ1v) is 12.7. The summed E-state index contributed by atoms with van der Waals surface area (Å²) >= 11 is 1.34. The first-order chi connectivity index (χ1) is 12.2. The van der Waals surface area contributed by atoms with E-state index in [0.717, 1.165) is 0 Å². The van der Waals surface area contributed by atoms with Crippen LogP contribution in [0.3, 0.4) is 0 Å². The molecule has 146 valence electrons. The summed E-state index contributed by atoms with van der Waals surface area (Å²) in [6.07, 6.45) is 0.582. The number of sulfone groups is 1. The van der Waals surface area contributed by atoms with E-state index in [2.05, 4.69) is 5.32 Å². The summed E-state index contributed by atoms with van der Waals surface area (Å²) in [4.78, 5) is 12.2. The van der Waals surface area contributed by atoms with Crippen molar-refractivity contribution in [3.63, 3.8) is 0 Å². The van der Waals surface area contributed by atoms with Crippen LogP contribution in [-0.4, -0.2) is 62.6 Å². The van der Waals surface area contributed by atoms with Gasteiger partial charge < -0.3 is 5.32 Å². The fourth-order valence-corrected chi connectivity index (χ4v) is 7.61. The van der Waals surface area contributed by atoms with Crippen LogP contribution in [0.4, 0.5) is 5.69 Å². The molecule has 1 aliphatic heterocycles. The summed E-state index contributed by atoms with van der Waals surface area (Å²) in [5, 5.41) is 2.67. The average Bonchev–Trinajstić information content (AvgIpc) is 2.93. The Hall–Kier alpha value is -1.10. The average molecular weight is 421 g/mol. The highest BCUT2D eigenvalue weighted by atomic mass is 32.2. The number of hydrogen-bond acceptors (Lipinski definition) is 6. The molecule has 1 aromatic carbocycles. The van der Waals surface area contributed by atoms with E-state index in [1.165, 1.54) is 28.2 Å². The van der Waals surface area contributed by atoms with E-state index in [1.807, 2.05) is 0 Å². The number of anilines is 1. The number of hydrogen-bond donors (Lipinski definition) is 1. The Morgan fingerprint density at radius 3 is 2.35 bits per heavy atom. The molecule has 1 N–H and O–H groups in total. The van der Waals surface area contributed by atoms with Crippen LogP contribution in [0.2, 0.25) is 0 Å². The molecule has 0 spiro atoms. The van der Waals surface area contributed by atoms with Crippen molar-refractivity contribution < 1.29 is 21.6 Å². The molecule has 0 unspecified atom stereocenters. The maximum absolute atomic E-state index is 12.4. The zero-order valence-corrected chi connectivity index (χ0v) is 17.3.